The van der Waals surface area contributed by atoms with E-state index >= 15 is 0 Å². The minimum absolute atomic E-state index is 0.229. The van der Waals surface area contributed by atoms with Gasteiger partial charge in [0.1, 0.15) is 11.3 Å². The Balaban J connectivity index is 1.91. The number of imidazole rings is 1. The number of alkyl halides is 1. The zero-order chi connectivity index (χ0) is 15.0. The lowest BCUT2D eigenvalue weighted by atomic mass is 10.3. The van der Waals surface area contributed by atoms with E-state index in [2.05, 4.69) is 21.4 Å². The lowest BCUT2D eigenvalue weighted by Gasteiger charge is -2.21. The summed E-state index contributed by atoms with van der Waals surface area (Å²) in [5.41, 5.74) is 1.26. The summed E-state index contributed by atoms with van der Waals surface area (Å²) < 4.78 is 16.0. The minimum Gasteiger partial charge on any atom is -0.325 e. The molecule has 1 aromatic carbocycles. The van der Waals surface area contributed by atoms with Gasteiger partial charge >= 0.3 is 0 Å². The molecule has 5 heteroatoms. The quantitative estimate of drug-likeness (QED) is 0.753. The number of nitrogens with zero attached hydrogens (tertiary/aromatic N) is 3. The minimum atomic E-state index is -0.278. The first-order valence-corrected chi connectivity index (χ1v) is 8.08. The molecule has 0 spiro atoms. The average molecular weight is 310 g/mol. The van der Waals surface area contributed by atoms with Crippen LogP contribution in [-0.4, -0.2) is 33.6 Å². The molecule has 0 aliphatic heterocycles. The molecule has 2 aromatic rings. The van der Waals surface area contributed by atoms with E-state index in [-0.39, 0.29) is 11.2 Å². The van der Waals surface area contributed by atoms with Gasteiger partial charge in [-0.25, -0.2) is 9.37 Å². The fourth-order valence-corrected chi connectivity index (χ4v) is 3.10. The fourth-order valence-electron chi connectivity index (χ4n) is 2.94. The lowest BCUT2D eigenvalue weighted by molar-refractivity contribution is 0.266. The van der Waals surface area contributed by atoms with Crippen LogP contribution in [-0.2, 0) is 6.54 Å². The average Bonchev–Trinajstić information content (AvgIpc) is 3.21. The molecule has 21 heavy (non-hydrogen) atoms. The molecular formula is C16H21ClFN3. The summed E-state index contributed by atoms with van der Waals surface area (Å²) in [6, 6.07) is 5.84. The highest BCUT2D eigenvalue weighted by atomic mass is 35.5. The maximum atomic E-state index is 13.9. The fraction of sp³-hybridized carbons (Fsp3) is 0.562. The van der Waals surface area contributed by atoms with Crippen molar-refractivity contribution in [3.63, 3.8) is 0 Å². The summed E-state index contributed by atoms with van der Waals surface area (Å²) in [7, 11) is 0. The predicted molar refractivity (Wildman–Crippen MR) is 84.2 cm³/mol. The Hall–Kier alpha value is -1.13. The number of likely N-dealkylation sites (N-methyl/N-ethyl adjacent to an activating group) is 1. The second-order valence-electron chi connectivity index (χ2n) is 5.70. The Morgan fingerprint density at radius 2 is 2.24 bits per heavy atom. The van der Waals surface area contributed by atoms with Crippen molar-refractivity contribution in [3.8, 4) is 0 Å². The van der Waals surface area contributed by atoms with Crippen LogP contribution in [0.5, 0.6) is 0 Å². The smallest absolute Gasteiger partial charge is 0.151 e. The van der Waals surface area contributed by atoms with E-state index in [1.165, 1.54) is 18.9 Å². The van der Waals surface area contributed by atoms with Gasteiger partial charge in [-0.3, -0.25) is 4.90 Å². The van der Waals surface area contributed by atoms with E-state index in [4.69, 9.17) is 11.6 Å². The molecule has 0 amide bonds. The Bertz CT molecular complexity index is 634. The zero-order valence-corrected chi connectivity index (χ0v) is 13.3. The van der Waals surface area contributed by atoms with Crippen LogP contribution >= 0.6 is 11.6 Å². The molecule has 3 rings (SSSR count). The maximum Gasteiger partial charge on any atom is 0.151 e. The van der Waals surface area contributed by atoms with Crippen LogP contribution < -0.4 is 0 Å². The van der Waals surface area contributed by atoms with Gasteiger partial charge in [-0.05, 0) is 38.4 Å². The topological polar surface area (TPSA) is 21.1 Å². The molecule has 1 atom stereocenters. The van der Waals surface area contributed by atoms with Gasteiger partial charge in [0.15, 0.2) is 5.82 Å². The van der Waals surface area contributed by atoms with E-state index in [1.54, 1.807) is 6.07 Å². The highest BCUT2D eigenvalue weighted by Gasteiger charge is 2.28. The lowest BCUT2D eigenvalue weighted by Crippen LogP contribution is -2.29. The third-order valence-corrected chi connectivity index (χ3v) is 4.39. The number of hydrogen-bond acceptors (Lipinski definition) is 2. The van der Waals surface area contributed by atoms with Crippen LogP contribution in [0.2, 0.25) is 0 Å². The van der Waals surface area contributed by atoms with Crippen molar-refractivity contribution < 1.29 is 4.39 Å². The summed E-state index contributed by atoms with van der Waals surface area (Å²) in [6.07, 6.45) is 2.60. The van der Waals surface area contributed by atoms with Crippen molar-refractivity contribution in [1.82, 2.24) is 14.5 Å². The van der Waals surface area contributed by atoms with Crippen molar-refractivity contribution in [1.29, 1.82) is 0 Å². The molecule has 1 saturated carbocycles. The monoisotopic (exact) mass is 309 g/mol. The SMILES string of the molecule is CCN(CCn1c(C(C)Cl)nc2c(F)cccc21)C1CC1. The third-order valence-electron chi connectivity index (χ3n) is 4.20. The molecule has 0 saturated heterocycles. The van der Waals surface area contributed by atoms with Crippen LogP contribution in [0.4, 0.5) is 4.39 Å². The Morgan fingerprint density at radius 3 is 2.86 bits per heavy atom. The number of aromatic nitrogens is 2. The van der Waals surface area contributed by atoms with Gasteiger partial charge in [-0.2, -0.15) is 0 Å². The van der Waals surface area contributed by atoms with Crippen molar-refractivity contribution >= 4 is 22.6 Å². The largest absolute Gasteiger partial charge is 0.325 e. The maximum absolute atomic E-state index is 13.9. The molecule has 114 valence electrons. The predicted octanol–water partition coefficient (Wildman–Crippen LogP) is 3.96. The number of fused-ring (bicyclic) bond motifs is 1. The Labute approximate surface area is 129 Å². The normalized spacial score (nSPS) is 16.8. The van der Waals surface area contributed by atoms with Gasteiger partial charge in [0.25, 0.3) is 0 Å². The summed E-state index contributed by atoms with van der Waals surface area (Å²) in [5, 5.41) is -0.229. The van der Waals surface area contributed by atoms with E-state index in [1.807, 2.05) is 13.0 Å². The van der Waals surface area contributed by atoms with Gasteiger partial charge in [0.05, 0.1) is 10.9 Å². The molecule has 3 nitrogen and oxygen atoms in total. The molecule has 1 unspecified atom stereocenters. The summed E-state index contributed by atoms with van der Waals surface area (Å²) in [6.45, 7) is 6.89. The van der Waals surface area contributed by atoms with Gasteiger partial charge in [0, 0.05) is 19.1 Å². The summed E-state index contributed by atoms with van der Waals surface area (Å²) >= 11 is 6.24. The molecule has 0 N–H and O–H groups in total. The molecule has 0 bridgehead atoms. The van der Waals surface area contributed by atoms with Gasteiger partial charge < -0.3 is 4.57 Å². The molecular weight excluding hydrogens is 289 g/mol. The van der Waals surface area contributed by atoms with Gasteiger partial charge in [-0.15, -0.1) is 11.6 Å². The third kappa shape index (κ3) is 2.92. The number of rotatable bonds is 6. The van der Waals surface area contributed by atoms with Crippen LogP contribution in [0.15, 0.2) is 18.2 Å². The van der Waals surface area contributed by atoms with Crippen LogP contribution in [0.25, 0.3) is 11.0 Å². The zero-order valence-electron chi connectivity index (χ0n) is 12.5. The standard InChI is InChI=1S/C16H21ClFN3/c1-3-20(12-7-8-12)9-10-21-14-6-4-5-13(18)15(14)19-16(21)11(2)17/h4-6,11-12H,3,7-10H2,1-2H3. The Kier molecular flexibility index (Phi) is 4.18. The van der Waals surface area contributed by atoms with Crippen LogP contribution in [0, 0.1) is 5.82 Å². The summed E-state index contributed by atoms with van der Waals surface area (Å²) in [5.74, 6) is 0.475. The number of hydrogen-bond donors (Lipinski definition) is 0. The molecule has 1 aliphatic rings. The first-order valence-electron chi connectivity index (χ1n) is 7.64. The van der Waals surface area contributed by atoms with Crippen molar-refractivity contribution in [2.75, 3.05) is 13.1 Å². The first-order chi connectivity index (χ1) is 10.1. The van der Waals surface area contributed by atoms with E-state index in [0.717, 1.165) is 37.0 Å². The van der Waals surface area contributed by atoms with E-state index < -0.39 is 0 Å². The van der Waals surface area contributed by atoms with Crippen LogP contribution in [0.3, 0.4) is 0 Å². The van der Waals surface area contributed by atoms with E-state index in [9.17, 15) is 4.39 Å². The number of halogens is 2. The highest BCUT2D eigenvalue weighted by Crippen LogP contribution is 2.28. The second kappa shape index (κ2) is 5.93. The first kappa shape index (κ1) is 14.8. The number of para-hydroxylation sites is 1. The van der Waals surface area contributed by atoms with Gasteiger partial charge in [0.2, 0.25) is 0 Å². The van der Waals surface area contributed by atoms with Crippen molar-refractivity contribution in [2.24, 2.45) is 0 Å². The molecule has 1 fully saturated rings. The van der Waals surface area contributed by atoms with Crippen molar-refractivity contribution in [3.05, 3.63) is 29.8 Å². The number of benzene rings is 1. The summed E-state index contributed by atoms with van der Waals surface area (Å²) in [4.78, 5) is 6.89. The van der Waals surface area contributed by atoms with Crippen LogP contribution in [0.1, 0.15) is 37.9 Å². The second-order valence-corrected chi connectivity index (χ2v) is 6.36. The van der Waals surface area contributed by atoms with Gasteiger partial charge in [-0.1, -0.05) is 13.0 Å². The molecule has 0 radical (unpaired) electrons. The Morgan fingerprint density at radius 1 is 1.48 bits per heavy atom. The van der Waals surface area contributed by atoms with Crippen molar-refractivity contribution in [2.45, 2.75) is 44.7 Å². The van der Waals surface area contributed by atoms with E-state index in [0.29, 0.717) is 5.52 Å². The molecule has 1 aliphatic carbocycles. The molecule has 1 heterocycles. The highest BCUT2D eigenvalue weighted by molar-refractivity contribution is 6.20. The molecule has 1 aromatic heterocycles.